The van der Waals surface area contributed by atoms with Crippen molar-refractivity contribution in [1.29, 1.82) is 0 Å². The molecule has 1 atom stereocenters. The number of aliphatic carboxylic acids is 1. The standard InChI is InChI=1S/C22H18N2O5/c25-19-13-17(24-21(27)15-9-5-2-6-10-15)20(26)12-16(19)23-18(22(28)29)11-14-7-3-1-4-8-14/h1-10,12-13,18,23H,11H2,(H,24,27)(H,28,29)/t18-/m1/s1. The van der Waals surface area contributed by atoms with Crippen LogP contribution in [-0.2, 0) is 20.8 Å². The van der Waals surface area contributed by atoms with Crippen molar-refractivity contribution < 1.29 is 24.3 Å². The zero-order valence-corrected chi connectivity index (χ0v) is 15.3. The maximum Gasteiger partial charge on any atom is 0.326 e. The van der Waals surface area contributed by atoms with Crippen molar-refractivity contribution in [3.05, 3.63) is 95.3 Å². The summed E-state index contributed by atoms with van der Waals surface area (Å²) in [5.41, 5.74) is 0.824. The highest BCUT2D eigenvalue weighted by atomic mass is 16.4. The van der Waals surface area contributed by atoms with Gasteiger partial charge in [-0.1, -0.05) is 48.5 Å². The number of carboxylic acids is 1. The second-order valence-electron chi connectivity index (χ2n) is 6.39. The van der Waals surface area contributed by atoms with Crippen molar-refractivity contribution >= 4 is 23.4 Å². The van der Waals surface area contributed by atoms with E-state index in [9.17, 15) is 24.3 Å². The molecule has 2 aromatic rings. The number of hydrogen-bond acceptors (Lipinski definition) is 5. The molecule has 0 aliphatic heterocycles. The number of carbonyl (C=O) groups is 4. The fourth-order valence-electron chi connectivity index (χ4n) is 2.79. The Morgan fingerprint density at radius 3 is 2.00 bits per heavy atom. The molecule has 2 aromatic carbocycles. The monoisotopic (exact) mass is 390 g/mol. The van der Waals surface area contributed by atoms with Gasteiger partial charge in [0.15, 0.2) is 0 Å². The zero-order valence-electron chi connectivity index (χ0n) is 15.3. The highest BCUT2D eigenvalue weighted by Crippen LogP contribution is 2.12. The van der Waals surface area contributed by atoms with Crippen LogP contribution >= 0.6 is 0 Å². The van der Waals surface area contributed by atoms with Gasteiger partial charge in [-0.15, -0.1) is 0 Å². The number of benzene rings is 2. The second kappa shape index (κ2) is 8.79. The van der Waals surface area contributed by atoms with Gasteiger partial charge < -0.3 is 15.7 Å². The fourth-order valence-corrected chi connectivity index (χ4v) is 2.79. The molecule has 7 nitrogen and oxygen atoms in total. The van der Waals surface area contributed by atoms with E-state index in [1.807, 2.05) is 6.07 Å². The van der Waals surface area contributed by atoms with E-state index in [0.717, 1.165) is 17.7 Å². The van der Waals surface area contributed by atoms with Crippen LogP contribution in [0.1, 0.15) is 15.9 Å². The summed E-state index contributed by atoms with van der Waals surface area (Å²) in [6.07, 6.45) is 2.13. The van der Waals surface area contributed by atoms with Crippen LogP contribution in [0.15, 0.2) is 84.2 Å². The lowest BCUT2D eigenvalue weighted by atomic mass is 10.0. The van der Waals surface area contributed by atoms with Gasteiger partial charge in [0.05, 0.1) is 11.4 Å². The van der Waals surface area contributed by atoms with Crippen molar-refractivity contribution in [3.63, 3.8) is 0 Å². The van der Waals surface area contributed by atoms with Gasteiger partial charge in [-0.3, -0.25) is 14.4 Å². The van der Waals surface area contributed by atoms with Gasteiger partial charge in [-0.05, 0) is 17.7 Å². The number of carboxylic acid groups (broad SMARTS) is 1. The molecule has 0 saturated carbocycles. The molecule has 146 valence electrons. The minimum atomic E-state index is -1.15. The topological polar surface area (TPSA) is 113 Å². The molecule has 0 aromatic heterocycles. The average Bonchev–Trinajstić information content (AvgIpc) is 2.72. The SMILES string of the molecule is O=C1C=C(N[C@H](Cc2ccccc2)C(=O)O)C(=O)C=C1NC(=O)c1ccccc1. The normalized spacial score (nSPS) is 14.5. The van der Waals surface area contributed by atoms with E-state index in [1.165, 1.54) is 0 Å². The summed E-state index contributed by atoms with van der Waals surface area (Å²) in [7, 11) is 0. The molecule has 1 aliphatic carbocycles. The molecule has 0 fully saturated rings. The van der Waals surface area contributed by atoms with Crippen molar-refractivity contribution in [3.8, 4) is 0 Å². The number of nitrogens with one attached hydrogen (secondary N) is 2. The Labute approximate surface area is 166 Å². The van der Waals surface area contributed by atoms with Crippen LogP contribution < -0.4 is 10.6 Å². The van der Waals surface area contributed by atoms with E-state index in [0.29, 0.717) is 5.56 Å². The molecule has 0 heterocycles. The summed E-state index contributed by atoms with van der Waals surface area (Å²) in [4.78, 5) is 48.5. The average molecular weight is 390 g/mol. The predicted octanol–water partition coefficient (Wildman–Crippen LogP) is 1.62. The number of hydrogen-bond donors (Lipinski definition) is 3. The van der Waals surface area contributed by atoms with Gasteiger partial charge in [0.2, 0.25) is 11.6 Å². The highest BCUT2D eigenvalue weighted by molar-refractivity contribution is 6.21. The quantitative estimate of drug-likeness (QED) is 0.620. The van der Waals surface area contributed by atoms with Gasteiger partial charge >= 0.3 is 5.97 Å². The lowest BCUT2D eigenvalue weighted by Crippen LogP contribution is -2.41. The Kier molecular flexibility index (Phi) is 5.99. The summed E-state index contributed by atoms with van der Waals surface area (Å²) >= 11 is 0. The molecule has 0 saturated heterocycles. The Hall–Kier alpha value is -4.00. The highest BCUT2D eigenvalue weighted by Gasteiger charge is 2.26. The van der Waals surface area contributed by atoms with Gasteiger partial charge in [-0.2, -0.15) is 0 Å². The first-order chi connectivity index (χ1) is 13.9. The zero-order chi connectivity index (χ0) is 20.8. The maximum atomic E-state index is 12.4. The molecule has 0 spiro atoms. The van der Waals surface area contributed by atoms with Crippen LogP contribution in [0.4, 0.5) is 0 Å². The number of rotatable bonds is 7. The molecule has 0 unspecified atom stereocenters. The molecule has 29 heavy (non-hydrogen) atoms. The van der Waals surface area contributed by atoms with Crippen LogP contribution in [0.3, 0.4) is 0 Å². The fraction of sp³-hybridized carbons (Fsp3) is 0.0909. The van der Waals surface area contributed by atoms with Crippen LogP contribution in [0.5, 0.6) is 0 Å². The molecular weight excluding hydrogens is 372 g/mol. The van der Waals surface area contributed by atoms with Crippen molar-refractivity contribution in [2.45, 2.75) is 12.5 Å². The number of amides is 1. The van der Waals surface area contributed by atoms with Gasteiger partial charge in [0, 0.05) is 24.1 Å². The molecule has 0 bridgehead atoms. The number of allylic oxidation sites excluding steroid dienone is 2. The first-order valence-electron chi connectivity index (χ1n) is 8.86. The van der Waals surface area contributed by atoms with Crippen molar-refractivity contribution in [2.24, 2.45) is 0 Å². The van der Waals surface area contributed by atoms with E-state index in [2.05, 4.69) is 10.6 Å². The van der Waals surface area contributed by atoms with Crippen molar-refractivity contribution in [1.82, 2.24) is 10.6 Å². The van der Waals surface area contributed by atoms with E-state index < -0.39 is 29.5 Å². The molecule has 3 N–H and O–H groups in total. The van der Waals surface area contributed by atoms with Crippen LogP contribution in [-0.4, -0.2) is 34.6 Å². The molecule has 7 heteroatoms. The maximum absolute atomic E-state index is 12.4. The van der Waals surface area contributed by atoms with Crippen LogP contribution in [0, 0.1) is 0 Å². The minimum absolute atomic E-state index is 0.129. The van der Waals surface area contributed by atoms with Crippen molar-refractivity contribution in [2.75, 3.05) is 0 Å². The van der Waals surface area contributed by atoms with E-state index in [1.54, 1.807) is 54.6 Å². The third-order valence-electron chi connectivity index (χ3n) is 4.28. The molecule has 0 radical (unpaired) electrons. The molecular formula is C22H18N2O5. The van der Waals surface area contributed by atoms with E-state index in [4.69, 9.17) is 0 Å². The van der Waals surface area contributed by atoms with E-state index in [-0.39, 0.29) is 17.8 Å². The third-order valence-corrected chi connectivity index (χ3v) is 4.28. The third kappa shape index (κ3) is 5.04. The summed E-state index contributed by atoms with van der Waals surface area (Å²) in [6, 6.07) is 16.1. The molecule has 1 aliphatic rings. The Morgan fingerprint density at radius 2 is 1.38 bits per heavy atom. The summed E-state index contributed by atoms with van der Waals surface area (Å²) in [6.45, 7) is 0. The Balaban J connectivity index is 1.70. The van der Waals surface area contributed by atoms with Gasteiger partial charge in [0.25, 0.3) is 5.91 Å². The van der Waals surface area contributed by atoms with Crippen LogP contribution in [0.25, 0.3) is 0 Å². The lowest BCUT2D eigenvalue weighted by molar-refractivity contribution is -0.139. The Bertz CT molecular complexity index is 1010. The first-order valence-corrected chi connectivity index (χ1v) is 8.86. The van der Waals surface area contributed by atoms with Crippen LogP contribution in [0.2, 0.25) is 0 Å². The van der Waals surface area contributed by atoms with E-state index >= 15 is 0 Å². The number of carbonyl (C=O) groups excluding carboxylic acids is 3. The van der Waals surface area contributed by atoms with Gasteiger partial charge in [-0.25, -0.2) is 4.79 Å². The summed E-state index contributed by atoms with van der Waals surface area (Å²) in [5, 5.41) is 14.5. The largest absolute Gasteiger partial charge is 0.480 e. The van der Waals surface area contributed by atoms with Gasteiger partial charge in [0.1, 0.15) is 6.04 Å². The minimum Gasteiger partial charge on any atom is -0.480 e. The molecule has 3 rings (SSSR count). The Morgan fingerprint density at radius 1 is 0.828 bits per heavy atom. The first kappa shape index (κ1) is 19.8. The lowest BCUT2D eigenvalue weighted by Gasteiger charge is -2.19. The summed E-state index contributed by atoms with van der Waals surface area (Å²) in [5.74, 6) is -2.86. The molecule has 1 amide bonds. The number of ketones is 2. The second-order valence-corrected chi connectivity index (χ2v) is 6.39. The predicted molar refractivity (Wildman–Crippen MR) is 105 cm³/mol. The summed E-state index contributed by atoms with van der Waals surface area (Å²) < 4.78 is 0. The smallest absolute Gasteiger partial charge is 0.326 e.